The van der Waals surface area contributed by atoms with E-state index in [9.17, 15) is 0 Å². The minimum absolute atomic E-state index is 0.769. The van der Waals surface area contributed by atoms with Gasteiger partial charge < -0.3 is 0 Å². The number of fused-ring (bicyclic) bond motifs is 1. The summed E-state index contributed by atoms with van der Waals surface area (Å²) in [6.07, 6.45) is 9.16. The number of halogens is 1. The molecule has 0 aromatic carbocycles. The smallest absolute Gasteiger partial charge is 0.102 e. The molecule has 0 saturated heterocycles. The molecule has 1 saturated carbocycles. The van der Waals surface area contributed by atoms with Crippen LogP contribution >= 0.6 is 27.7 Å². The highest BCUT2D eigenvalue weighted by Gasteiger charge is 2.17. The first-order chi connectivity index (χ1) is 8.33. The van der Waals surface area contributed by atoms with E-state index in [1.807, 2.05) is 30.2 Å². The average molecular weight is 309 g/mol. The van der Waals surface area contributed by atoms with Crippen molar-refractivity contribution in [1.29, 1.82) is 0 Å². The van der Waals surface area contributed by atoms with Crippen molar-refractivity contribution in [1.82, 2.24) is 9.97 Å². The normalized spacial score (nSPS) is 16.8. The van der Waals surface area contributed by atoms with Crippen molar-refractivity contribution in [2.45, 2.75) is 35.8 Å². The number of rotatable bonds is 2. The van der Waals surface area contributed by atoms with Gasteiger partial charge in [-0.15, -0.1) is 11.8 Å². The van der Waals surface area contributed by atoms with Crippen molar-refractivity contribution in [3.63, 3.8) is 0 Å². The molecule has 3 rings (SSSR count). The van der Waals surface area contributed by atoms with E-state index in [-0.39, 0.29) is 0 Å². The van der Waals surface area contributed by atoms with Crippen molar-refractivity contribution < 1.29 is 0 Å². The van der Waals surface area contributed by atoms with Crippen LogP contribution in [0, 0.1) is 0 Å². The van der Waals surface area contributed by atoms with Crippen LogP contribution in [0.1, 0.15) is 25.7 Å². The van der Waals surface area contributed by atoms with E-state index in [0.717, 1.165) is 20.8 Å². The molecule has 1 aliphatic carbocycles. The molecular weight excluding hydrogens is 296 g/mol. The zero-order valence-electron chi connectivity index (χ0n) is 9.40. The predicted octanol–water partition coefficient (Wildman–Crippen LogP) is 4.43. The summed E-state index contributed by atoms with van der Waals surface area (Å²) >= 11 is 5.40. The molecular formula is C13H13BrN2S. The lowest BCUT2D eigenvalue weighted by atomic mass is 10.3. The summed E-state index contributed by atoms with van der Waals surface area (Å²) in [5, 5.41) is 0.769. The van der Waals surface area contributed by atoms with Crippen molar-refractivity contribution in [2.24, 2.45) is 0 Å². The predicted molar refractivity (Wildman–Crippen MR) is 75.4 cm³/mol. The molecule has 0 unspecified atom stereocenters. The zero-order chi connectivity index (χ0) is 11.7. The second-order valence-corrected chi connectivity index (χ2v) is 6.61. The maximum Gasteiger partial charge on any atom is 0.102 e. The van der Waals surface area contributed by atoms with Crippen molar-refractivity contribution >= 4 is 38.7 Å². The summed E-state index contributed by atoms with van der Waals surface area (Å²) in [5.41, 5.74) is 2.01. The van der Waals surface area contributed by atoms with Gasteiger partial charge >= 0.3 is 0 Å². The van der Waals surface area contributed by atoms with Gasteiger partial charge in [-0.1, -0.05) is 12.8 Å². The lowest BCUT2D eigenvalue weighted by molar-refractivity contribution is 0.886. The minimum atomic E-state index is 0.769. The highest BCUT2D eigenvalue weighted by Crippen LogP contribution is 2.37. The first kappa shape index (κ1) is 11.5. The third-order valence-electron chi connectivity index (χ3n) is 3.10. The van der Waals surface area contributed by atoms with Gasteiger partial charge in [0.15, 0.2) is 0 Å². The molecule has 1 fully saturated rings. The third kappa shape index (κ3) is 2.47. The number of pyridine rings is 2. The third-order valence-corrected chi connectivity index (χ3v) is 4.92. The van der Waals surface area contributed by atoms with Crippen LogP contribution < -0.4 is 0 Å². The lowest BCUT2D eigenvalue weighted by Gasteiger charge is -2.10. The summed E-state index contributed by atoms with van der Waals surface area (Å²) in [6, 6.07) is 4.12. The van der Waals surface area contributed by atoms with Gasteiger partial charge in [-0.05, 0) is 40.9 Å². The molecule has 4 heteroatoms. The molecule has 2 aromatic heterocycles. The molecule has 2 nitrogen and oxygen atoms in total. The Hall–Kier alpha value is -0.610. The van der Waals surface area contributed by atoms with Gasteiger partial charge in [-0.3, -0.25) is 9.97 Å². The van der Waals surface area contributed by atoms with Crippen molar-refractivity contribution in [3.8, 4) is 0 Å². The number of hydrogen-bond acceptors (Lipinski definition) is 3. The Morgan fingerprint density at radius 1 is 1.24 bits per heavy atom. The van der Waals surface area contributed by atoms with Gasteiger partial charge in [-0.25, -0.2) is 0 Å². The maximum absolute atomic E-state index is 4.49. The second-order valence-electron chi connectivity index (χ2n) is 4.35. The van der Waals surface area contributed by atoms with Crippen LogP contribution in [-0.2, 0) is 0 Å². The summed E-state index contributed by atoms with van der Waals surface area (Å²) in [5.74, 6) is 0. The molecule has 0 radical (unpaired) electrons. The van der Waals surface area contributed by atoms with Crippen molar-refractivity contribution in [2.75, 3.05) is 0 Å². The van der Waals surface area contributed by atoms with Crippen LogP contribution in [0.5, 0.6) is 0 Å². The molecule has 0 amide bonds. The van der Waals surface area contributed by atoms with E-state index in [4.69, 9.17) is 0 Å². The maximum atomic E-state index is 4.49. The van der Waals surface area contributed by atoms with Crippen LogP contribution in [-0.4, -0.2) is 15.2 Å². The zero-order valence-corrected chi connectivity index (χ0v) is 11.8. The Bertz CT molecular complexity index is 538. The van der Waals surface area contributed by atoms with Crippen LogP contribution in [0.3, 0.4) is 0 Å². The Morgan fingerprint density at radius 2 is 2.06 bits per heavy atom. The fourth-order valence-electron chi connectivity index (χ4n) is 2.26. The first-order valence-electron chi connectivity index (χ1n) is 5.90. The fourth-order valence-corrected chi connectivity index (χ4v) is 3.92. The Labute approximate surface area is 113 Å². The first-order valence-corrected chi connectivity index (χ1v) is 7.57. The highest BCUT2D eigenvalue weighted by molar-refractivity contribution is 9.10. The van der Waals surface area contributed by atoms with E-state index in [1.165, 1.54) is 30.6 Å². The largest absolute Gasteiger partial charge is 0.254 e. The molecule has 0 spiro atoms. The van der Waals surface area contributed by atoms with Crippen LogP contribution in [0.15, 0.2) is 33.9 Å². The van der Waals surface area contributed by atoms with Gasteiger partial charge in [0, 0.05) is 27.0 Å². The molecule has 88 valence electrons. The summed E-state index contributed by atoms with van der Waals surface area (Å²) in [7, 11) is 0. The summed E-state index contributed by atoms with van der Waals surface area (Å²) < 4.78 is 0.987. The Kier molecular flexibility index (Phi) is 3.34. The van der Waals surface area contributed by atoms with Gasteiger partial charge in [0.25, 0.3) is 0 Å². The number of aromatic nitrogens is 2. The van der Waals surface area contributed by atoms with Gasteiger partial charge in [0.1, 0.15) is 5.52 Å². The molecule has 0 bridgehead atoms. The van der Waals surface area contributed by atoms with E-state index in [2.05, 4.69) is 32.0 Å². The van der Waals surface area contributed by atoms with Crippen LogP contribution in [0.2, 0.25) is 0 Å². The molecule has 1 aliphatic rings. The Balaban J connectivity index is 1.97. The fraction of sp³-hybridized carbons (Fsp3) is 0.385. The van der Waals surface area contributed by atoms with Crippen molar-refractivity contribution in [3.05, 3.63) is 29.0 Å². The molecule has 2 aromatic rings. The standard InChI is InChI=1S/C13H13BrN2S/c14-9-7-11-13(16-8-9)12(5-6-15-11)17-10-3-1-2-4-10/h5-8,10H,1-4H2. The highest BCUT2D eigenvalue weighted by atomic mass is 79.9. The van der Waals surface area contributed by atoms with Gasteiger partial charge in [0.2, 0.25) is 0 Å². The van der Waals surface area contributed by atoms with Crippen LogP contribution in [0.4, 0.5) is 0 Å². The summed E-state index contributed by atoms with van der Waals surface area (Å²) in [4.78, 5) is 10.1. The minimum Gasteiger partial charge on any atom is -0.254 e. The number of hydrogen-bond donors (Lipinski definition) is 0. The van der Waals surface area contributed by atoms with E-state index >= 15 is 0 Å². The van der Waals surface area contributed by atoms with Gasteiger partial charge in [-0.2, -0.15) is 0 Å². The number of nitrogens with zero attached hydrogens (tertiary/aromatic N) is 2. The van der Waals surface area contributed by atoms with Gasteiger partial charge in [0.05, 0.1) is 5.52 Å². The quantitative estimate of drug-likeness (QED) is 0.821. The molecule has 17 heavy (non-hydrogen) atoms. The lowest BCUT2D eigenvalue weighted by Crippen LogP contribution is -1.95. The second kappa shape index (κ2) is 4.94. The Morgan fingerprint density at radius 3 is 2.88 bits per heavy atom. The molecule has 2 heterocycles. The van der Waals surface area contributed by atoms with Crippen LogP contribution in [0.25, 0.3) is 11.0 Å². The van der Waals surface area contributed by atoms with E-state index < -0.39 is 0 Å². The monoisotopic (exact) mass is 308 g/mol. The molecule has 0 aliphatic heterocycles. The average Bonchev–Trinajstić information content (AvgIpc) is 2.82. The van der Waals surface area contributed by atoms with E-state index in [1.54, 1.807) is 0 Å². The topological polar surface area (TPSA) is 25.8 Å². The number of thioether (sulfide) groups is 1. The van der Waals surface area contributed by atoms with E-state index in [0.29, 0.717) is 0 Å². The molecule has 0 atom stereocenters. The SMILES string of the molecule is Brc1cnc2c(SC3CCCC3)ccnc2c1. The molecule has 0 N–H and O–H groups in total. The summed E-state index contributed by atoms with van der Waals surface area (Å²) in [6.45, 7) is 0.